The maximum Gasteiger partial charge on any atom is 0.428 e. The zero-order valence-electron chi connectivity index (χ0n) is 11.8. The van der Waals surface area contributed by atoms with Crippen molar-refractivity contribution in [2.45, 2.75) is 6.92 Å². The monoisotopic (exact) mass is 290 g/mol. The predicted octanol–water partition coefficient (Wildman–Crippen LogP) is 0.778. The molecular weight excluding hydrogens is 276 g/mol. The van der Waals surface area contributed by atoms with Gasteiger partial charge in [0.25, 0.3) is 5.91 Å². The molecule has 0 saturated carbocycles. The Morgan fingerprint density at radius 3 is 2.62 bits per heavy atom. The molecule has 0 aliphatic carbocycles. The third-order valence-electron chi connectivity index (χ3n) is 2.63. The molecule has 0 heterocycles. The van der Waals surface area contributed by atoms with E-state index in [1.54, 1.807) is 6.92 Å². The van der Waals surface area contributed by atoms with Crippen LogP contribution in [-0.4, -0.2) is 37.6 Å². The lowest BCUT2D eigenvalue weighted by molar-refractivity contribution is -0.105. The number of hydrazine groups is 1. The average molecular weight is 290 g/mol. The Balaban J connectivity index is 3.18. The number of carbonyl (C=O) groups is 3. The second-order valence-electron chi connectivity index (χ2n) is 4.06. The van der Waals surface area contributed by atoms with Gasteiger partial charge in [-0.1, -0.05) is 0 Å². The summed E-state index contributed by atoms with van der Waals surface area (Å²) in [6.45, 7) is 1.65. The molecule has 3 amide bonds. The highest BCUT2D eigenvalue weighted by atomic mass is 16.5. The molecule has 8 nitrogen and oxygen atoms in total. The maximum atomic E-state index is 12.2. The second-order valence-corrected chi connectivity index (χ2v) is 4.06. The van der Waals surface area contributed by atoms with E-state index in [1.165, 1.54) is 26.3 Å². The summed E-state index contributed by atoms with van der Waals surface area (Å²) < 4.78 is 4.44. The van der Waals surface area contributed by atoms with E-state index < -0.39 is 12.0 Å². The van der Waals surface area contributed by atoms with E-state index in [2.05, 4.69) is 15.5 Å². The number of anilines is 1. The van der Waals surface area contributed by atoms with Crippen molar-refractivity contribution in [2.24, 2.45) is 0 Å². The Kier molecular flexibility index (Phi) is 5.25. The lowest BCUT2D eigenvalue weighted by Gasteiger charge is -2.18. The van der Waals surface area contributed by atoms with Gasteiger partial charge in [0.1, 0.15) is 0 Å². The summed E-state index contributed by atoms with van der Waals surface area (Å²) >= 11 is 0. The average Bonchev–Trinajstić information content (AvgIpc) is 2.47. The molecule has 0 unspecified atom stereocenters. The zero-order valence-corrected chi connectivity index (χ0v) is 11.8. The number of hydrogen-bond acceptors (Lipinski definition) is 5. The van der Waals surface area contributed by atoms with E-state index in [4.69, 9.17) is 5.26 Å². The van der Waals surface area contributed by atoms with E-state index >= 15 is 0 Å². The number of methoxy groups -OCH3 is 1. The van der Waals surface area contributed by atoms with Gasteiger partial charge in [-0.25, -0.2) is 9.80 Å². The molecule has 0 spiro atoms. The van der Waals surface area contributed by atoms with Crippen LogP contribution in [0.1, 0.15) is 21.5 Å². The van der Waals surface area contributed by atoms with Crippen LogP contribution in [0.2, 0.25) is 0 Å². The molecule has 110 valence electrons. The third-order valence-corrected chi connectivity index (χ3v) is 2.63. The molecule has 0 bridgehead atoms. The van der Waals surface area contributed by atoms with Gasteiger partial charge in [0.2, 0.25) is 6.41 Å². The normalized spacial score (nSPS) is 9.24. The smallest absolute Gasteiger partial charge is 0.428 e. The summed E-state index contributed by atoms with van der Waals surface area (Å²) in [4.78, 5) is 34.0. The van der Waals surface area contributed by atoms with Gasteiger partial charge in [0.15, 0.2) is 0 Å². The first-order valence-corrected chi connectivity index (χ1v) is 5.82. The second kappa shape index (κ2) is 6.91. The Hall–Kier alpha value is -3.08. The van der Waals surface area contributed by atoms with Crippen molar-refractivity contribution >= 4 is 24.1 Å². The molecular formula is C13H14N4O4. The summed E-state index contributed by atoms with van der Waals surface area (Å²) in [5.41, 5.74) is 3.41. The van der Waals surface area contributed by atoms with Crippen LogP contribution in [0.5, 0.6) is 0 Å². The van der Waals surface area contributed by atoms with E-state index in [9.17, 15) is 14.4 Å². The molecule has 1 rings (SSSR count). The van der Waals surface area contributed by atoms with E-state index in [1.807, 2.05) is 6.07 Å². The Morgan fingerprint density at radius 2 is 2.10 bits per heavy atom. The molecule has 0 aromatic heterocycles. The molecule has 0 aliphatic heterocycles. The Labute approximate surface area is 121 Å². The minimum Gasteiger partial charge on any atom is -0.452 e. The fourth-order valence-corrected chi connectivity index (χ4v) is 1.68. The molecule has 0 atom stereocenters. The van der Waals surface area contributed by atoms with Crippen molar-refractivity contribution in [3.63, 3.8) is 0 Å². The van der Waals surface area contributed by atoms with E-state index in [-0.39, 0.29) is 16.8 Å². The lowest BCUT2D eigenvalue weighted by atomic mass is 10.0. The van der Waals surface area contributed by atoms with Crippen molar-refractivity contribution in [2.75, 3.05) is 19.5 Å². The van der Waals surface area contributed by atoms with E-state index in [0.717, 1.165) is 5.01 Å². The number of hydrogen-bond donors (Lipinski definition) is 2. The maximum absolute atomic E-state index is 12.2. The summed E-state index contributed by atoms with van der Waals surface area (Å²) in [5, 5.41) is 12.2. The third kappa shape index (κ3) is 3.70. The van der Waals surface area contributed by atoms with Gasteiger partial charge in [-0.2, -0.15) is 5.26 Å². The number of nitrogens with zero attached hydrogens (tertiary/aromatic N) is 2. The fourth-order valence-electron chi connectivity index (χ4n) is 1.68. The molecule has 1 aromatic rings. The molecule has 8 heteroatoms. The largest absolute Gasteiger partial charge is 0.452 e. The van der Waals surface area contributed by atoms with Crippen LogP contribution < -0.4 is 10.7 Å². The highest BCUT2D eigenvalue weighted by Gasteiger charge is 2.18. The Bertz CT molecular complexity index is 621. The highest BCUT2D eigenvalue weighted by molar-refractivity contribution is 6.02. The minimum absolute atomic E-state index is 0.0643. The molecule has 0 fully saturated rings. The highest BCUT2D eigenvalue weighted by Crippen LogP contribution is 2.22. The summed E-state index contributed by atoms with van der Waals surface area (Å²) in [7, 11) is 2.47. The molecule has 0 aliphatic rings. The number of nitriles is 1. The first kappa shape index (κ1) is 16.0. The minimum atomic E-state index is -0.763. The van der Waals surface area contributed by atoms with Gasteiger partial charge in [-0.05, 0) is 24.6 Å². The first-order valence-electron chi connectivity index (χ1n) is 5.82. The predicted molar refractivity (Wildman–Crippen MR) is 73.2 cm³/mol. The number of carbonyl (C=O) groups excluding carboxylic acids is 3. The summed E-state index contributed by atoms with van der Waals surface area (Å²) in [6.07, 6.45) is -0.337. The lowest BCUT2D eigenvalue weighted by Crippen LogP contribution is -2.43. The van der Waals surface area contributed by atoms with Crippen molar-refractivity contribution < 1.29 is 19.1 Å². The summed E-state index contributed by atoms with van der Waals surface area (Å²) in [5.74, 6) is -0.660. The number of aryl methyl sites for hydroxylation is 1. The molecule has 0 saturated heterocycles. The number of benzene rings is 1. The number of nitrogens with one attached hydrogen (secondary N) is 2. The SMILES string of the molecule is COC(=O)N(C)NC(=O)c1cc(C#N)cc(C)c1NC=O. The Morgan fingerprint density at radius 1 is 1.43 bits per heavy atom. The van der Waals surface area contributed by atoms with Gasteiger partial charge >= 0.3 is 6.09 Å². The van der Waals surface area contributed by atoms with Crippen LogP contribution in [0, 0.1) is 18.3 Å². The van der Waals surface area contributed by atoms with Crippen molar-refractivity contribution in [3.8, 4) is 6.07 Å². The number of rotatable bonds is 3. The standard InChI is InChI=1S/C13H14N4O4/c1-8-4-9(6-14)5-10(11(8)15-7-18)12(19)16-17(2)13(20)21-3/h4-5,7H,1-3H3,(H,15,18)(H,16,19). The summed E-state index contributed by atoms with van der Waals surface area (Å²) in [6, 6.07) is 4.77. The van der Waals surface area contributed by atoms with Crippen molar-refractivity contribution in [3.05, 3.63) is 28.8 Å². The number of amides is 3. The molecule has 2 N–H and O–H groups in total. The van der Waals surface area contributed by atoms with Crippen LogP contribution in [0.3, 0.4) is 0 Å². The first-order chi connectivity index (χ1) is 9.94. The van der Waals surface area contributed by atoms with Gasteiger partial charge < -0.3 is 10.1 Å². The van der Waals surface area contributed by atoms with Crippen LogP contribution >= 0.6 is 0 Å². The fraction of sp³-hybridized carbons (Fsp3) is 0.231. The van der Waals surface area contributed by atoms with Gasteiger partial charge in [0.05, 0.1) is 30.0 Å². The number of ether oxygens (including phenoxy) is 1. The van der Waals surface area contributed by atoms with Gasteiger partial charge in [0, 0.05) is 7.05 Å². The molecule has 1 aromatic carbocycles. The molecule has 21 heavy (non-hydrogen) atoms. The van der Waals surface area contributed by atoms with Gasteiger partial charge in [-0.3, -0.25) is 15.0 Å². The van der Waals surface area contributed by atoms with E-state index in [0.29, 0.717) is 12.0 Å². The van der Waals surface area contributed by atoms with Crippen LogP contribution in [0.15, 0.2) is 12.1 Å². The zero-order chi connectivity index (χ0) is 16.0. The van der Waals surface area contributed by atoms with Crippen LogP contribution in [-0.2, 0) is 9.53 Å². The molecule has 0 radical (unpaired) electrons. The topological polar surface area (TPSA) is 112 Å². The van der Waals surface area contributed by atoms with Crippen molar-refractivity contribution in [1.82, 2.24) is 10.4 Å². The van der Waals surface area contributed by atoms with Gasteiger partial charge in [-0.15, -0.1) is 0 Å². The van der Waals surface area contributed by atoms with Crippen LogP contribution in [0.4, 0.5) is 10.5 Å². The quantitative estimate of drug-likeness (QED) is 0.631. The van der Waals surface area contributed by atoms with Crippen LogP contribution in [0.25, 0.3) is 0 Å². The van der Waals surface area contributed by atoms with Crippen molar-refractivity contribution in [1.29, 1.82) is 5.26 Å².